The average molecular weight is 403 g/mol. The molecule has 0 radical (unpaired) electrons. The molecule has 0 saturated carbocycles. The molecule has 6 nitrogen and oxygen atoms in total. The molecule has 2 aromatic heterocycles. The topological polar surface area (TPSA) is 83.6 Å². The Bertz CT molecular complexity index is 1190. The summed E-state index contributed by atoms with van der Waals surface area (Å²) in [5.74, 6) is -0.704. The van der Waals surface area contributed by atoms with Crippen molar-refractivity contribution in [3.8, 4) is 11.8 Å². The zero-order chi connectivity index (χ0) is 20.2. The molecule has 0 aliphatic carbocycles. The highest BCUT2D eigenvalue weighted by Gasteiger charge is 2.13. The van der Waals surface area contributed by atoms with Crippen molar-refractivity contribution < 1.29 is 9.18 Å². The van der Waals surface area contributed by atoms with E-state index < -0.39 is 0 Å². The number of aromatic nitrogens is 3. The second-order valence-corrected chi connectivity index (χ2v) is 7.31. The van der Waals surface area contributed by atoms with E-state index in [9.17, 15) is 9.18 Å². The first-order chi connectivity index (χ1) is 14.1. The van der Waals surface area contributed by atoms with Gasteiger partial charge in [-0.05, 0) is 48.0 Å². The van der Waals surface area contributed by atoms with E-state index in [4.69, 9.17) is 5.26 Å². The third kappa shape index (κ3) is 4.36. The molecule has 0 atom stereocenters. The van der Waals surface area contributed by atoms with Crippen LogP contribution in [0.1, 0.15) is 26.5 Å². The Morgan fingerprint density at radius 1 is 1.14 bits per heavy atom. The Balaban J connectivity index is 1.41. The number of thiazole rings is 1. The lowest BCUT2D eigenvalue weighted by Gasteiger charge is -2.01. The summed E-state index contributed by atoms with van der Waals surface area (Å²) in [6, 6.07) is 16.9. The van der Waals surface area contributed by atoms with Crippen LogP contribution >= 0.6 is 11.3 Å². The number of nitrogens with one attached hydrogen (secondary N) is 1. The van der Waals surface area contributed by atoms with Crippen LogP contribution in [0.5, 0.6) is 0 Å². The van der Waals surface area contributed by atoms with Gasteiger partial charge in [0.15, 0.2) is 10.8 Å². The number of halogens is 1. The minimum Gasteiger partial charge on any atom is -0.296 e. The number of rotatable bonds is 5. The fourth-order valence-corrected chi connectivity index (χ4v) is 3.53. The maximum Gasteiger partial charge on any atom is 0.277 e. The van der Waals surface area contributed by atoms with Crippen molar-refractivity contribution in [3.63, 3.8) is 0 Å². The van der Waals surface area contributed by atoms with Crippen LogP contribution in [0.4, 0.5) is 9.52 Å². The zero-order valence-corrected chi connectivity index (χ0v) is 15.9. The van der Waals surface area contributed by atoms with Crippen molar-refractivity contribution in [3.05, 3.63) is 94.5 Å². The summed E-state index contributed by atoms with van der Waals surface area (Å²) in [5, 5.41) is 16.3. The first-order valence-corrected chi connectivity index (χ1v) is 9.49. The summed E-state index contributed by atoms with van der Waals surface area (Å²) in [6.07, 6.45) is 4.02. The molecule has 2 heterocycles. The highest BCUT2D eigenvalue weighted by atomic mass is 32.1. The van der Waals surface area contributed by atoms with Gasteiger partial charge in [-0.15, -0.1) is 11.3 Å². The Labute approximate surface area is 169 Å². The predicted octanol–water partition coefficient (Wildman–Crippen LogP) is 4.18. The molecule has 0 saturated heterocycles. The number of benzene rings is 2. The molecule has 4 rings (SSSR count). The lowest BCUT2D eigenvalue weighted by atomic mass is 10.1. The maximum absolute atomic E-state index is 13.0. The van der Waals surface area contributed by atoms with E-state index in [0.717, 1.165) is 10.4 Å². The zero-order valence-electron chi connectivity index (χ0n) is 15.0. The van der Waals surface area contributed by atoms with Crippen molar-refractivity contribution in [1.82, 2.24) is 14.8 Å². The van der Waals surface area contributed by atoms with Gasteiger partial charge >= 0.3 is 0 Å². The van der Waals surface area contributed by atoms with E-state index in [1.54, 1.807) is 42.7 Å². The largest absolute Gasteiger partial charge is 0.296 e. The van der Waals surface area contributed by atoms with Crippen LogP contribution < -0.4 is 5.32 Å². The highest BCUT2D eigenvalue weighted by Crippen LogP contribution is 2.22. The van der Waals surface area contributed by atoms with E-state index in [1.807, 2.05) is 12.1 Å². The highest BCUT2D eigenvalue weighted by molar-refractivity contribution is 7.15. The molecule has 142 valence electrons. The van der Waals surface area contributed by atoms with Crippen molar-refractivity contribution in [2.45, 2.75) is 6.42 Å². The fraction of sp³-hybridized carbons (Fsp3) is 0.0476. The molecule has 0 fully saturated rings. The van der Waals surface area contributed by atoms with Gasteiger partial charge in [0.2, 0.25) is 0 Å². The summed E-state index contributed by atoms with van der Waals surface area (Å²) in [6.45, 7) is 0. The Kier molecular flexibility index (Phi) is 5.14. The van der Waals surface area contributed by atoms with E-state index in [0.29, 0.717) is 22.8 Å². The Hall–Kier alpha value is -3.83. The van der Waals surface area contributed by atoms with Crippen LogP contribution in [0.3, 0.4) is 0 Å². The lowest BCUT2D eigenvalue weighted by molar-refractivity contribution is 0.102. The van der Waals surface area contributed by atoms with Crippen LogP contribution in [0.15, 0.2) is 67.0 Å². The minimum atomic E-state index is -0.370. The van der Waals surface area contributed by atoms with Gasteiger partial charge in [-0.3, -0.25) is 10.1 Å². The van der Waals surface area contributed by atoms with Gasteiger partial charge in [0.1, 0.15) is 5.82 Å². The summed E-state index contributed by atoms with van der Waals surface area (Å²) in [5.41, 5.74) is 2.57. The Morgan fingerprint density at radius 2 is 1.90 bits per heavy atom. The molecule has 1 N–H and O–H groups in total. The first-order valence-electron chi connectivity index (χ1n) is 8.67. The van der Waals surface area contributed by atoms with Crippen LogP contribution in [0.2, 0.25) is 0 Å². The van der Waals surface area contributed by atoms with E-state index >= 15 is 0 Å². The second-order valence-electron chi connectivity index (χ2n) is 6.19. The van der Waals surface area contributed by atoms with E-state index in [2.05, 4.69) is 21.5 Å². The molecular weight excluding hydrogens is 389 g/mol. The van der Waals surface area contributed by atoms with E-state index in [-0.39, 0.29) is 17.4 Å². The van der Waals surface area contributed by atoms with E-state index in [1.165, 1.54) is 28.2 Å². The normalized spacial score (nSPS) is 10.5. The molecule has 8 heteroatoms. The first kappa shape index (κ1) is 18.5. The van der Waals surface area contributed by atoms with Gasteiger partial charge in [-0.2, -0.15) is 10.4 Å². The standard InChI is InChI=1S/C21H14FN5OS/c22-16-5-7-17(8-6-16)27-10-9-19(26-27)20(28)25-21-24-13-18(29-21)11-14-1-3-15(12-23)4-2-14/h1-10,13H,11H2,(H,24,25,28). The number of anilines is 1. The van der Waals surface area contributed by atoms with Crippen LogP contribution in [-0.2, 0) is 6.42 Å². The van der Waals surface area contributed by atoms with Crippen molar-refractivity contribution in [2.24, 2.45) is 0 Å². The molecule has 0 spiro atoms. The van der Waals surface area contributed by atoms with Gasteiger partial charge < -0.3 is 0 Å². The third-order valence-electron chi connectivity index (χ3n) is 4.15. The summed E-state index contributed by atoms with van der Waals surface area (Å²) < 4.78 is 14.5. The molecule has 0 aliphatic heterocycles. The quantitative estimate of drug-likeness (QED) is 0.542. The van der Waals surface area contributed by atoms with Crippen LogP contribution in [-0.4, -0.2) is 20.7 Å². The lowest BCUT2D eigenvalue weighted by Crippen LogP contribution is -2.12. The fourth-order valence-electron chi connectivity index (χ4n) is 2.69. The number of carbonyl (C=O) groups excluding carboxylic acids is 1. The molecule has 0 aliphatic rings. The molecular formula is C21H14FN5OS. The van der Waals surface area contributed by atoms with Gasteiger partial charge in [-0.1, -0.05) is 12.1 Å². The average Bonchev–Trinajstić information content (AvgIpc) is 3.39. The molecule has 0 bridgehead atoms. The van der Waals surface area contributed by atoms with Gasteiger partial charge in [0.25, 0.3) is 5.91 Å². The number of carbonyl (C=O) groups is 1. The van der Waals surface area contributed by atoms with Gasteiger partial charge in [0.05, 0.1) is 17.3 Å². The van der Waals surface area contributed by atoms with Crippen LogP contribution in [0.25, 0.3) is 5.69 Å². The molecule has 2 aromatic carbocycles. The van der Waals surface area contributed by atoms with Crippen molar-refractivity contribution in [1.29, 1.82) is 5.26 Å². The van der Waals surface area contributed by atoms with Crippen LogP contribution in [0, 0.1) is 17.1 Å². The van der Waals surface area contributed by atoms with Crippen molar-refractivity contribution >= 4 is 22.4 Å². The summed E-state index contributed by atoms with van der Waals surface area (Å²) in [4.78, 5) is 17.7. The number of nitriles is 1. The van der Waals surface area contributed by atoms with Gasteiger partial charge in [-0.25, -0.2) is 14.1 Å². The number of nitrogens with zero attached hydrogens (tertiary/aromatic N) is 4. The molecule has 1 amide bonds. The summed E-state index contributed by atoms with van der Waals surface area (Å²) in [7, 11) is 0. The number of hydrogen-bond donors (Lipinski definition) is 1. The smallest absolute Gasteiger partial charge is 0.277 e. The predicted molar refractivity (Wildman–Crippen MR) is 108 cm³/mol. The number of hydrogen-bond acceptors (Lipinski definition) is 5. The molecule has 4 aromatic rings. The van der Waals surface area contributed by atoms with Crippen molar-refractivity contribution in [2.75, 3.05) is 5.32 Å². The second kappa shape index (κ2) is 8.04. The SMILES string of the molecule is N#Cc1ccc(Cc2cnc(NC(=O)c3ccn(-c4ccc(F)cc4)n3)s2)cc1. The third-order valence-corrected chi connectivity index (χ3v) is 5.06. The van der Waals surface area contributed by atoms with Gasteiger partial charge in [0, 0.05) is 23.7 Å². The Morgan fingerprint density at radius 3 is 2.62 bits per heavy atom. The monoisotopic (exact) mass is 403 g/mol. The maximum atomic E-state index is 13.0. The molecule has 29 heavy (non-hydrogen) atoms. The number of amides is 1. The minimum absolute atomic E-state index is 0.234. The molecule has 0 unspecified atom stereocenters. The summed E-state index contributed by atoms with van der Waals surface area (Å²) >= 11 is 1.38.